The van der Waals surface area contributed by atoms with Gasteiger partial charge in [-0.2, -0.15) is 0 Å². The topological polar surface area (TPSA) is 62.6 Å². The quantitative estimate of drug-likeness (QED) is 0.743. The van der Waals surface area contributed by atoms with Crippen LogP contribution in [0.2, 0.25) is 0 Å². The molecule has 1 amide bonds. The molecule has 126 valence electrons. The Kier molecular flexibility index (Phi) is 3.98. The van der Waals surface area contributed by atoms with Crippen LogP contribution in [0.4, 0.5) is 11.4 Å². The maximum Gasteiger partial charge on any atom is 0.362 e. The standard InChI is InChI=1S/C20H18N2O3/c23-19(14-8-2-1-3-9-14)21-17-18(22-12-6-7-13-22)15-10-4-5-11-16(15)25-20(17)24/h1-5,8-11H,6-7,12-13H2,(H,21,23). The molecular weight excluding hydrogens is 316 g/mol. The highest BCUT2D eigenvalue weighted by Crippen LogP contribution is 2.34. The van der Waals surface area contributed by atoms with Crippen molar-refractivity contribution in [3.8, 4) is 0 Å². The summed E-state index contributed by atoms with van der Waals surface area (Å²) in [4.78, 5) is 27.3. The van der Waals surface area contributed by atoms with Gasteiger partial charge in [0.25, 0.3) is 5.91 Å². The van der Waals surface area contributed by atoms with Crippen LogP contribution < -0.4 is 15.8 Å². The predicted octanol–water partition coefficient (Wildman–Crippen LogP) is 3.65. The first kappa shape index (κ1) is 15.4. The molecule has 1 fully saturated rings. The second kappa shape index (κ2) is 6.43. The van der Waals surface area contributed by atoms with Crippen molar-refractivity contribution in [2.45, 2.75) is 12.8 Å². The van der Waals surface area contributed by atoms with Crippen molar-refractivity contribution in [1.82, 2.24) is 0 Å². The number of rotatable bonds is 3. The van der Waals surface area contributed by atoms with E-state index in [1.54, 1.807) is 30.3 Å². The number of nitrogens with one attached hydrogen (secondary N) is 1. The van der Waals surface area contributed by atoms with Crippen LogP contribution in [0.3, 0.4) is 0 Å². The molecule has 1 aromatic heterocycles. The molecule has 5 nitrogen and oxygen atoms in total. The van der Waals surface area contributed by atoms with Gasteiger partial charge in [0.15, 0.2) is 5.69 Å². The van der Waals surface area contributed by atoms with E-state index in [9.17, 15) is 9.59 Å². The van der Waals surface area contributed by atoms with Crippen molar-refractivity contribution in [2.24, 2.45) is 0 Å². The first-order valence-electron chi connectivity index (χ1n) is 8.41. The Morgan fingerprint density at radius 1 is 0.960 bits per heavy atom. The second-order valence-corrected chi connectivity index (χ2v) is 6.12. The van der Waals surface area contributed by atoms with Gasteiger partial charge in [-0.05, 0) is 37.1 Å². The van der Waals surface area contributed by atoms with Gasteiger partial charge in [0.05, 0.1) is 5.69 Å². The number of anilines is 2. The molecule has 1 aliphatic rings. The summed E-state index contributed by atoms with van der Waals surface area (Å²) in [5, 5.41) is 3.62. The van der Waals surface area contributed by atoms with Gasteiger partial charge >= 0.3 is 5.63 Å². The summed E-state index contributed by atoms with van der Waals surface area (Å²) in [7, 11) is 0. The van der Waals surface area contributed by atoms with Crippen LogP contribution in [-0.2, 0) is 0 Å². The van der Waals surface area contributed by atoms with Gasteiger partial charge in [0, 0.05) is 24.0 Å². The normalized spacial score (nSPS) is 14.0. The summed E-state index contributed by atoms with van der Waals surface area (Å²) >= 11 is 0. The average molecular weight is 334 g/mol. The van der Waals surface area contributed by atoms with E-state index in [1.807, 2.05) is 24.3 Å². The lowest BCUT2D eigenvalue weighted by Crippen LogP contribution is -2.25. The molecule has 0 aliphatic carbocycles. The Morgan fingerprint density at radius 3 is 2.40 bits per heavy atom. The molecule has 0 spiro atoms. The first-order valence-corrected chi connectivity index (χ1v) is 8.41. The number of hydrogen-bond acceptors (Lipinski definition) is 4. The molecule has 0 atom stereocenters. The molecule has 1 N–H and O–H groups in total. The van der Waals surface area contributed by atoms with E-state index in [0.717, 1.165) is 37.0 Å². The van der Waals surface area contributed by atoms with E-state index < -0.39 is 5.63 Å². The molecule has 0 bridgehead atoms. The fourth-order valence-corrected chi connectivity index (χ4v) is 3.29. The third-order valence-electron chi connectivity index (χ3n) is 4.48. The van der Waals surface area contributed by atoms with Gasteiger partial charge in [-0.25, -0.2) is 4.79 Å². The van der Waals surface area contributed by atoms with Crippen molar-refractivity contribution in [1.29, 1.82) is 0 Å². The molecule has 2 heterocycles. The SMILES string of the molecule is O=C(Nc1c(N2CCCC2)c2ccccc2oc1=O)c1ccccc1. The Balaban J connectivity index is 1.84. The van der Waals surface area contributed by atoms with Crippen LogP contribution in [0.25, 0.3) is 11.0 Å². The average Bonchev–Trinajstić information content (AvgIpc) is 3.17. The van der Waals surface area contributed by atoms with Gasteiger partial charge in [-0.1, -0.05) is 30.3 Å². The fraction of sp³-hybridized carbons (Fsp3) is 0.200. The highest BCUT2D eigenvalue weighted by molar-refractivity contribution is 6.08. The maximum atomic E-state index is 12.6. The molecule has 3 aromatic rings. The van der Waals surface area contributed by atoms with E-state index in [0.29, 0.717) is 11.1 Å². The molecule has 2 aromatic carbocycles. The second-order valence-electron chi connectivity index (χ2n) is 6.12. The molecular formula is C20H18N2O3. The Morgan fingerprint density at radius 2 is 1.64 bits per heavy atom. The Labute approximate surface area is 144 Å². The molecule has 0 saturated carbocycles. The third-order valence-corrected chi connectivity index (χ3v) is 4.48. The van der Waals surface area contributed by atoms with Crippen molar-refractivity contribution in [2.75, 3.05) is 23.3 Å². The molecule has 0 radical (unpaired) electrons. The van der Waals surface area contributed by atoms with Gasteiger partial charge < -0.3 is 14.6 Å². The number of amides is 1. The number of hydrogen-bond donors (Lipinski definition) is 1. The Hall–Kier alpha value is -3.08. The van der Waals surface area contributed by atoms with Crippen LogP contribution in [0.5, 0.6) is 0 Å². The van der Waals surface area contributed by atoms with Crippen LogP contribution in [0, 0.1) is 0 Å². The van der Waals surface area contributed by atoms with Gasteiger partial charge in [-0.3, -0.25) is 4.79 Å². The van der Waals surface area contributed by atoms with E-state index >= 15 is 0 Å². The number of carbonyl (C=O) groups excluding carboxylic acids is 1. The summed E-state index contributed by atoms with van der Waals surface area (Å²) in [5.41, 5.74) is 1.49. The summed E-state index contributed by atoms with van der Waals surface area (Å²) in [6.45, 7) is 1.73. The van der Waals surface area contributed by atoms with E-state index in [1.165, 1.54) is 0 Å². The number of nitrogens with zero attached hydrogens (tertiary/aromatic N) is 1. The van der Waals surface area contributed by atoms with Crippen LogP contribution in [-0.4, -0.2) is 19.0 Å². The summed E-state index contributed by atoms with van der Waals surface area (Å²) in [6, 6.07) is 16.3. The molecule has 5 heteroatoms. The number of benzene rings is 2. The van der Waals surface area contributed by atoms with Gasteiger partial charge in [-0.15, -0.1) is 0 Å². The largest absolute Gasteiger partial charge is 0.421 e. The fourth-order valence-electron chi connectivity index (χ4n) is 3.29. The van der Waals surface area contributed by atoms with E-state index in [2.05, 4.69) is 10.2 Å². The van der Waals surface area contributed by atoms with Crippen molar-refractivity contribution >= 4 is 28.3 Å². The van der Waals surface area contributed by atoms with Crippen LogP contribution in [0.1, 0.15) is 23.2 Å². The van der Waals surface area contributed by atoms with E-state index in [-0.39, 0.29) is 11.6 Å². The van der Waals surface area contributed by atoms with Gasteiger partial charge in [0.2, 0.25) is 0 Å². The minimum absolute atomic E-state index is 0.217. The lowest BCUT2D eigenvalue weighted by Gasteiger charge is -2.22. The minimum Gasteiger partial charge on any atom is -0.421 e. The first-order chi connectivity index (χ1) is 12.2. The smallest absolute Gasteiger partial charge is 0.362 e. The minimum atomic E-state index is -0.523. The number of fused-ring (bicyclic) bond motifs is 1. The summed E-state index contributed by atoms with van der Waals surface area (Å²) in [6.07, 6.45) is 2.14. The number of para-hydroxylation sites is 1. The van der Waals surface area contributed by atoms with Crippen molar-refractivity contribution < 1.29 is 9.21 Å². The zero-order chi connectivity index (χ0) is 17.2. The van der Waals surface area contributed by atoms with Crippen molar-refractivity contribution in [3.63, 3.8) is 0 Å². The monoisotopic (exact) mass is 334 g/mol. The zero-order valence-electron chi connectivity index (χ0n) is 13.7. The molecule has 25 heavy (non-hydrogen) atoms. The maximum absolute atomic E-state index is 12.6. The highest BCUT2D eigenvalue weighted by atomic mass is 16.4. The van der Waals surface area contributed by atoms with Crippen LogP contribution in [0.15, 0.2) is 63.8 Å². The number of carbonyl (C=O) groups is 1. The Bertz CT molecular complexity index is 973. The highest BCUT2D eigenvalue weighted by Gasteiger charge is 2.24. The predicted molar refractivity (Wildman–Crippen MR) is 98.3 cm³/mol. The lowest BCUT2D eigenvalue weighted by atomic mass is 10.1. The van der Waals surface area contributed by atoms with E-state index in [4.69, 9.17) is 4.42 Å². The van der Waals surface area contributed by atoms with Crippen LogP contribution >= 0.6 is 0 Å². The zero-order valence-corrected chi connectivity index (χ0v) is 13.7. The lowest BCUT2D eigenvalue weighted by molar-refractivity contribution is 0.102. The third kappa shape index (κ3) is 2.89. The molecule has 4 rings (SSSR count). The molecule has 1 aliphatic heterocycles. The summed E-state index contributed by atoms with van der Waals surface area (Å²) < 4.78 is 5.43. The summed E-state index contributed by atoms with van der Waals surface area (Å²) in [5.74, 6) is -0.316. The molecule has 1 saturated heterocycles. The molecule has 0 unspecified atom stereocenters. The van der Waals surface area contributed by atoms with Crippen molar-refractivity contribution in [3.05, 3.63) is 70.6 Å². The van der Waals surface area contributed by atoms with Gasteiger partial charge in [0.1, 0.15) is 5.58 Å².